The molecule has 10 heteroatoms. The lowest BCUT2D eigenvalue weighted by Gasteiger charge is -2.27. The lowest BCUT2D eigenvalue weighted by molar-refractivity contribution is -0.870. The van der Waals surface area contributed by atoms with Gasteiger partial charge in [-0.1, -0.05) is 230 Å². The highest BCUT2D eigenvalue weighted by Gasteiger charge is 2.30. The van der Waals surface area contributed by atoms with Gasteiger partial charge in [0, 0.05) is 12.8 Å². The largest absolute Gasteiger partial charge is 0.472 e. The first kappa shape index (κ1) is 70.0. The van der Waals surface area contributed by atoms with Crippen LogP contribution in [-0.4, -0.2) is 74.3 Å². The molecule has 0 aliphatic heterocycles. The number of phosphoric acid groups is 1. The van der Waals surface area contributed by atoms with Crippen LogP contribution < -0.4 is 5.32 Å². The zero-order chi connectivity index (χ0) is 52.9. The monoisotopic (exact) mass is 1030 g/mol. The van der Waals surface area contributed by atoms with Crippen LogP contribution in [0, 0.1) is 0 Å². The number of phosphoric ester groups is 1. The Morgan fingerprint density at radius 1 is 0.486 bits per heavy atom. The third-order valence-corrected chi connectivity index (χ3v) is 14.5. The van der Waals surface area contributed by atoms with Gasteiger partial charge in [0.25, 0.3) is 0 Å². The molecule has 0 aromatic rings. The summed E-state index contributed by atoms with van der Waals surface area (Å²) in [5.74, 6) is -0.508. The number of allylic oxidation sites excluding steroid dienone is 7. The molecule has 2 N–H and O–H groups in total. The van der Waals surface area contributed by atoms with Crippen molar-refractivity contribution in [3.63, 3.8) is 0 Å². The van der Waals surface area contributed by atoms with Crippen molar-refractivity contribution in [2.75, 3.05) is 40.9 Å². The van der Waals surface area contributed by atoms with Crippen molar-refractivity contribution in [3.05, 3.63) is 48.6 Å². The molecule has 0 radical (unpaired) electrons. The van der Waals surface area contributed by atoms with Crippen molar-refractivity contribution in [1.82, 2.24) is 5.32 Å². The Kier molecular flexibility index (Phi) is 50.9. The van der Waals surface area contributed by atoms with Crippen LogP contribution in [0.4, 0.5) is 0 Å². The number of carbonyl (C=O) groups excluding carboxylic acids is 2. The molecule has 0 aromatic heterocycles. The van der Waals surface area contributed by atoms with E-state index in [1.165, 1.54) is 180 Å². The minimum atomic E-state index is -4.45. The van der Waals surface area contributed by atoms with Crippen LogP contribution in [0.25, 0.3) is 0 Å². The maximum atomic E-state index is 13.5. The highest BCUT2D eigenvalue weighted by atomic mass is 31.2. The molecular formula is C62H118N2O7P+. The van der Waals surface area contributed by atoms with E-state index >= 15 is 0 Å². The van der Waals surface area contributed by atoms with Crippen LogP contribution in [0.2, 0.25) is 0 Å². The molecule has 0 aromatic carbocycles. The van der Waals surface area contributed by atoms with E-state index in [1.807, 2.05) is 33.3 Å². The van der Waals surface area contributed by atoms with Crippen LogP contribution in [0.3, 0.4) is 0 Å². The lowest BCUT2D eigenvalue weighted by Crippen LogP contribution is -2.47. The standard InChI is InChI=1S/C62H117N2O7P/c1-7-10-13-16-19-22-25-28-30-31-32-33-35-36-39-42-45-48-51-54-61(65)63-59(58-70-72(67,68)69-57-56-64(4,5)6)60(53-50-47-44-41-38-27-24-21-18-15-12-9-3)71-62(66)55-52-49-46-43-40-37-34-29-26-23-20-17-14-11-8-2/h19,22-23,26,28,30,50,53,59-60H,7-18,20-21,24-25,27,29,31-49,51-52,54-58H2,1-6H3,(H-,63,65,67,68)/p+1/b22-19-,26-23-,30-28-,53-50-. The second-order valence-electron chi connectivity index (χ2n) is 21.9. The second kappa shape index (κ2) is 52.4. The third kappa shape index (κ3) is 52.8. The molecule has 0 saturated heterocycles. The van der Waals surface area contributed by atoms with Gasteiger partial charge in [0.2, 0.25) is 5.91 Å². The summed E-state index contributed by atoms with van der Waals surface area (Å²) in [4.78, 5) is 37.7. The Hall–Kier alpha value is -2.03. The zero-order valence-electron chi connectivity index (χ0n) is 48.2. The normalized spacial score (nSPS) is 14.0. The fourth-order valence-electron chi connectivity index (χ4n) is 8.73. The lowest BCUT2D eigenvalue weighted by atomic mass is 10.0. The molecule has 0 bridgehead atoms. The van der Waals surface area contributed by atoms with Crippen LogP contribution in [0.5, 0.6) is 0 Å². The molecule has 72 heavy (non-hydrogen) atoms. The predicted octanol–water partition coefficient (Wildman–Crippen LogP) is 18.5. The predicted molar refractivity (Wildman–Crippen MR) is 309 cm³/mol. The minimum absolute atomic E-state index is 0.0389. The summed E-state index contributed by atoms with van der Waals surface area (Å²) in [5.41, 5.74) is 0. The number of unbranched alkanes of at least 4 members (excludes halogenated alkanes) is 33. The highest BCUT2D eigenvalue weighted by Crippen LogP contribution is 2.43. The Bertz CT molecular complexity index is 1380. The Morgan fingerprint density at radius 3 is 1.31 bits per heavy atom. The van der Waals surface area contributed by atoms with Gasteiger partial charge in [0.05, 0.1) is 33.8 Å². The maximum absolute atomic E-state index is 13.5. The van der Waals surface area contributed by atoms with Gasteiger partial charge in [-0.05, 0) is 89.5 Å². The number of quaternary nitrogens is 1. The zero-order valence-corrected chi connectivity index (χ0v) is 49.1. The molecule has 0 aliphatic rings. The molecule has 3 atom stereocenters. The Morgan fingerprint density at radius 2 is 0.847 bits per heavy atom. The summed E-state index contributed by atoms with van der Waals surface area (Å²) in [7, 11) is 1.49. The van der Waals surface area contributed by atoms with Crippen molar-refractivity contribution in [1.29, 1.82) is 0 Å². The molecule has 0 spiro atoms. The van der Waals surface area contributed by atoms with E-state index in [1.54, 1.807) is 0 Å². The van der Waals surface area contributed by atoms with E-state index in [-0.39, 0.29) is 31.5 Å². The smallest absolute Gasteiger partial charge is 0.456 e. The van der Waals surface area contributed by atoms with Gasteiger partial charge in [-0.3, -0.25) is 18.6 Å². The van der Waals surface area contributed by atoms with Crippen LogP contribution in [-0.2, 0) is 27.9 Å². The number of amides is 1. The van der Waals surface area contributed by atoms with Crippen molar-refractivity contribution in [2.24, 2.45) is 0 Å². The summed E-state index contributed by atoms with van der Waals surface area (Å²) in [6, 6.07) is -0.851. The van der Waals surface area contributed by atoms with Gasteiger partial charge in [0.1, 0.15) is 19.3 Å². The first-order valence-electron chi connectivity index (χ1n) is 30.5. The van der Waals surface area contributed by atoms with Crippen LogP contribution >= 0.6 is 7.82 Å². The topological polar surface area (TPSA) is 111 Å². The summed E-state index contributed by atoms with van der Waals surface area (Å²) < 4.78 is 30.7. The maximum Gasteiger partial charge on any atom is 0.472 e. The van der Waals surface area contributed by atoms with Gasteiger partial charge in [0.15, 0.2) is 0 Å². The number of rotatable bonds is 55. The molecule has 1 amide bonds. The van der Waals surface area contributed by atoms with Gasteiger partial charge in [-0.15, -0.1) is 0 Å². The first-order chi connectivity index (χ1) is 34.9. The third-order valence-electron chi connectivity index (χ3n) is 13.5. The summed E-state index contributed by atoms with van der Waals surface area (Å²) in [6.07, 6.45) is 63.8. The number of nitrogens with one attached hydrogen (secondary N) is 1. The Balaban J connectivity index is 5.27. The number of nitrogens with zero attached hydrogens (tertiary/aromatic N) is 1. The average molecular weight is 1030 g/mol. The van der Waals surface area contributed by atoms with Gasteiger partial charge in [-0.25, -0.2) is 4.57 Å². The van der Waals surface area contributed by atoms with Crippen molar-refractivity contribution >= 4 is 19.7 Å². The molecule has 0 rings (SSSR count). The van der Waals surface area contributed by atoms with E-state index in [4.69, 9.17) is 13.8 Å². The molecule has 422 valence electrons. The van der Waals surface area contributed by atoms with Crippen LogP contribution in [0.15, 0.2) is 48.6 Å². The number of carbonyl (C=O) groups is 2. The first-order valence-corrected chi connectivity index (χ1v) is 32.0. The number of hydrogen-bond donors (Lipinski definition) is 2. The van der Waals surface area contributed by atoms with E-state index in [9.17, 15) is 19.0 Å². The van der Waals surface area contributed by atoms with Gasteiger partial charge < -0.3 is 19.4 Å². The number of ether oxygens (including phenoxy) is 1. The number of hydrogen-bond acceptors (Lipinski definition) is 6. The molecular weight excluding hydrogens is 916 g/mol. The van der Waals surface area contributed by atoms with E-state index in [2.05, 4.69) is 62.5 Å². The Labute approximate surface area is 446 Å². The minimum Gasteiger partial charge on any atom is -0.456 e. The molecule has 0 fully saturated rings. The molecule has 3 unspecified atom stereocenters. The number of esters is 1. The van der Waals surface area contributed by atoms with Crippen LogP contribution in [0.1, 0.15) is 284 Å². The fraction of sp³-hybridized carbons (Fsp3) is 0.839. The summed E-state index contributed by atoms with van der Waals surface area (Å²) in [6.45, 7) is 6.99. The highest BCUT2D eigenvalue weighted by molar-refractivity contribution is 7.47. The SMILES string of the molecule is CCCCC/C=C\C/C=C\CCCCCCCCCCCC(=O)NC(COP(=O)(O)OCC[N+](C)(C)C)C(/C=C\CCCCCCCCCCCC)OC(=O)CCCCCCCCC/C=C\CCCCCC. The molecule has 0 saturated carbocycles. The molecule has 9 nitrogen and oxygen atoms in total. The van der Waals surface area contributed by atoms with Crippen molar-refractivity contribution in [2.45, 2.75) is 296 Å². The summed E-state index contributed by atoms with van der Waals surface area (Å²) >= 11 is 0. The molecule has 0 heterocycles. The van der Waals surface area contributed by atoms with Gasteiger partial charge in [-0.2, -0.15) is 0 Å². The van der Waals surface area contributed by atoms with Gasteiger partial charge >= 0.3 is 13.8 Å². The van der Waals surface area contributed by atoms with E-state index in [0.717, 1.165) is 70.6 Å². The molecule has 0 aliphatic carbocycles. The van der Waals surface area contributed by atoms with E-state index < -0.39 is 20.0 Å². The average Bonchev–Trinajstić information content (AvgIpc) is 3.34. The quantitative estimate of drug-likeness (QED) is 0.0205. The van der Waals surface area contributed by atoms with Crippen molar-refractivity contribution < 1.29 is 37.3 Å². The second-order valence-corrected chi connectivity index (χ2v) is 23.3. The fourth-order valence-corrected chi connectivity index (χ4v) is 9.47. The number of likely N-dealkylation sites (N-methyl/N-ethyl adjacent to an activating group) is 1. The van der Waals surface area contributed by atoms with Crippen molar-refractivity contribution in [3.8, 4) is 0 Å². The van der Waals surface area contributed by atoms with E-state index in [0.29, 0.717) is 17.4 Å². The summed E-state index contributed by atoms with van der Waals surface area (Å²) in [5, 5.41) is 3.05.